The fourth-order valence-electron chi connectivity index (χ4n) is 0.517. The van der Waals surface area contributed by atoms with Crippen LogP contribution in [0.15, 0.2) is 48.0 Å². The van der Waals surface area contributed by atoms with Gasteiger partial charge in [0.1, 0.15) is 0 Å². The molecule has 0 spiro atoms. The number of rotatable bonds is 4. The maximum Gasteiger partial charge on any atom is 0.370 e. The fraction of sp³-hybridized carbons (Fsp3) is 0.167. The van der Waals surface area contributed by atoms with Gasteiger partial charge in [-0.05, 0) is 26.0 Å². The van der Waals surface area contributed by atoms with Crippen LogP contribution in [0.1, 0.15) is 13.8 Å². The predicted octanol–water partition coefficient (Wildman–Crippen LogP) is 2.18. The molecular weight excluding hydrogens is 240 g/mol. The summed E-state index contributed by atoms with van der Waals surface area (Å²) in [5.74, 6) is -3.91. The summed E-state index contributed by atoms with van der Waals surface area (Å²) in [6.07, 6.45) is 8.37. The Kier molecular flexibility index (Phi) is 10.9. The van der Waals surface area contributed by atoms with Gasteiger partial charge >= 0.3 is 11.9 Å². The molecule has 0 aliphatic rings. The SMILES string of the molecule is C/C=C/C=C(\O)C(=O)O.CC=CC=C(O)C(=O)O. The van der Waals surface area contributed by atoms with E-state index in [1.807, 2.05) is 0 Å². The number of allylic oxidation sites excluding steroid dienone is 6. The second kappa shape index (κ2) is 11.0. The Balaban J connectivity index is 0. The highest BCUT2D eigenvalue weighted by atomic mass is 16.4. The third-order valence-electron chi connectivity index (χ3n) is 1.33. The first-order chi connectivity index (χ1) is 8.36. The summed E-state index contributed by atoms with van der Waals surface area (Å²) >= 11 is 0. The third-order valence-corrected chi connectivity index (χ3v) is 1.33. The van der Waals surface area contributed by atoms with E-state index in [2.05, 4.69) is 0 Å². The highest BCUT2D eigenvalue weighted by molar-refractivity contribution is 5.84. The zero-order valence-corrected chi connectivity index (χ0v) is 10.1. The maximum absolute atomic E-state index is 9.85. The molecule has 100 valence electrons. The van der Waals surface area contributed by atoms with Crippen molar-refractivity contribution in [3.8, 4) is 0 Å². The number of aliphatic hydroxyl groups is 2. The van der Waals surface area contributed by atoms with Gasteiger partial charge in [-0.1, -0.05) is 24.3 Å². The molecule has 0 aliphatic heterocycles. The van der Waals surface area contributed by atoms with Crippen LogP contribution < -0.4 is 0 Å². The predicted molar refractivity (Wildman–Crippen MR) is 66.3 cm³/mol. The Morgan fingerprint density at radius 3 is 1.17 bits per heavy atom. The Labute approximate surface area is 105 Å². The summed E-state index contributed by atoms with van der Waals surface area (Å²) < 4.78 is 0. The van der Waals surface area contributed by atoms with Crippen molar-refractivity contribution in [1.29, 1.82) is 0 Å². The molecule has 0 aromatic heterocycles. The maximum atomic E-state index is 9.85. The summed E-state index contributed by atoms with van der Waals surface area (Å²) in [6, 6.07) is 0. The van der Waals surface area contributed by atoms with Gasteiger partial charge < -0.3 is 20.4 Å². The van der Waals surface area contributed by atoms with Gasteiger partial charge in [-0.15, -0.1) is 0 Å². The van der Waals surface area contributed by atoms with Crippen molar-refractivity contribution >= 4 is 11.9 Å². The van der Waals surface area contributed by atoms with E-state index < -0.39 is 23.5 Å². The van der Waals surface area contributed by atoms with Crippen molar-refractivity contribution in [1.82, 2.24) is 0 Å². The molecule has 0 heterocycles. The Morgan fingerprint density at radius 2 is 1.00 bits per heavy atom. The molecule has 0 unspecified atom stereocenters. The highest BCUT2D eigenvalue weighted by Gasteiger charge is 1.99. The lowest BCUT2D eigenvalue weighted by molar-refractivity contribution is -0.136. The standard InChI is InChI=1S/2C6H8O3/c2*1-2-3-4-5(7)6(8)9/h2*2-4,7H,1H3,(H,8,9)/b3-2+,5-4-;. The van der Waals surface area contributed by atoms with Crippen LogP contribution in [0, 0.1) is 0 Å². The molecule has 0 rings (SSSR count). The molecule has 18 heavy (non-hydrogen) atoms. The van der Waals surface area contributed by atoms with Gasteiger partial charge in [-0.3, -0.25) is 0 Å². The summed E-state index contributed by atoms with van der Waals surface area (Å²) in [4.78, 5) is 19.7. The van der Waals surface area contributed by atoms with Crippen LogP contribution in [-0.2, 0) is 9.59 Å². The lowest BCUT2D eigenvalue weighted by atomic mass is 10.4. The average Bonchev–Trinajstić information content (AvgIpc) is 2.33. The topological polar surface area (TPSA) is 115 Å². The number of hydrogen-bond donors (Lipinski definition) is 4. The van der Waals surface area contributed by atoms with Crippen LogP contribution in [0.5, 0.6) is 0 Å². The monoisotopic (exact) mass is 256 g/mol. The quantitative estimate of drug-likeness (QED) is 0.348. The molecule has 0 aromatic rings. The molecule has 0 radical (unpaired) electrons. The van der Waals surface area contributed by atoms with E-state index in [9.17, 15) is 9.59 Å². The fourth-order valence-corrected chi connectivity index (χ4v) is 0.517. The number of carboxylic acid groups (broad SMARTS) is 2. The molecule has 0 saturated heterocycles. The van der Waals surface area contributed by atoms with Crippen LogP contribution in [0.4, 0.5) is 0 Å². The molecular formula is C12H16O6. The van der Waals surface area contributed by atoms with E-state index in [-0.39, 0.29) is 0 Å². The number of carbonyl (C=O) groups is 2. The number of carboxylic acids is 2. The van der Waals surface area contributed by atoms with Crippen molar-refractivity contribution in [2.45, 2.75) is 13.8 Å². The average molecular weight is 256 g/mol. The van der Waals surface area contributed by atoms with Gasteiger partial charge in [0.2, 0.25) is 11.5 Å². The molecule has 6 heteroatoms. The van der Waals surface area contributed by atoms with E-state index in [1.165, 1.54) is 12.2 Å². The van der Waals surface area contributed by atoms with E-state index >= 15 is 0 Å². The largest absolute Gasteiger partial charge is 0.502 e. The molecule has 0 fully saturated rings. The molecule has 0 amide bonds. The van der Waals surface area contributed by atoms with Gasteiger partial charge in [-0.2, -0.15) is 0 Å². The van der Waals surface area contributed by atoms with E-state index in [4.69, 9.17) is 20.4 Å². The molecule has 6 nitrogen and oxygen atoms in total. The van der Waals surface area contributed by atoms with Crippen molar-refractivity contribution < 1.29 is 30.0 Å². The van der Waals surface area contributed by atoms with Gasteiger partial charge in [0.05, 0.1) is 0 Å². The highest BCUT2D eigenvalue weighted by Crippen LogP contribution is 1.88. The second-order valence-corrected chi connectivity index (χ2v) is 2.77. The Morgan fingerprint density at radius 1 is 0.722 bits per heavy atom. The molecule has 0 bridgehead atoms. The van der Waals surface area contributed by atoms with E-state index in [1.54, 1.807) is 26.0 Å². The lowest BCUT2D eigenvalue weighted by Crippen LogP contribution is -1.97. The van der Waals surface area contributed by atoms with Gasteiger partial charge in [-0.25, -0.2) is 9.59 Å². The van der Waals surface area contributed by atoms with Crippen LogP contribution in [-0.4, -0.2) is 32.4 Å². The zero-order chi connectivity index (χ0) is 14.6. The van der Waals surface area contributed by atoms with Crippen LogP contribution in [0.3, 0.4) is 0 Å². The van der Waals surface area contributed by atoms with E-state index in [0.29, 0.717) is 0 Å². The number of hydrogen-bond acceptors (Lipinski definition) is 4. The summed E-state index contributed by atoms with van der Waals surface area (Å²) in [7, 11) is 0. The number of aliphatic carboxylic acids is 2. The first kappa shape index (κ1) is 17.9. The van der Waals surface area contributed by atoms with Crippen molar-refractivity contribution in [2.75, 3.05) is 0 Å². The molecule has 4 N–H and O–H groups in total. The smallest absolute Gasteiger partial charge is 0.370 e. The van der Waals surface area contributed by atoms with Gasteiger partial charge in [0.15, 0.2) is 0 Å². The minimum absolute atomic E-state index is 0.645. The summed E-state index contributed by atoms with van der Waals surface area (Å²) in [5, 5.41) is 33.0. The molecule has 0 aromatic carbocycles. The minimum Gasteiger partial charge on any atom is -0.502 e. The van der Waals surface area contributed by atoms with Crippen LogP contribution in [0.25, 0.3) is 0 Å². The first-order valence-corrected chi connectivity index (χ1v) is 4.87. The first-order valence-electron chi connectivity index (χ1n) is 4.87. The van der Waals surface area contributed by atoms with Crippen molar-refractivity contribution in [2.24, 2.45) is 0 Å². The molecule has 0 saturated carbocycles. The third kappa shape index (κ3) is 11.6. The Bertz CT molecular complexity index is 349. The minimum atomic E-state index is -1.31. The normalized spacial score (nSPS) is 12.3. The summed E-state index contributed by atoms with van der Waals surface area (Å²) in [5.41, 5.74) is 0. The van der Waals surface area contributed by atoms with Crippen molar-refractivity contribution in [3.05, 3.63) is 48.0 Å². The summed E-state index contributed by atoms with van der Waals surface area (Å²) in [6.45, 7) is 3.46. The van der Waals surface area contributed by atoms with Gasteiger partial charge in [0.25, 0.3) is 0 Å². The Hall–Kier alpha value is -2.50. The molecule has 0 aliphatic carbocycles. The lowest BCUT2D eigenvalue weighted by Gasteiger charge is -1.85. The van der Waals surface area contributed by atoms with Crippen molar-refractivity contribution in [3.63, 3.8) is 0 Å². The second-order valence-electron chi connectivity index (χ2n) is 2.77. The zero-order valence-electron chi connectivity index (χ0n) is 10.1. The molecule has 0 atom stereocenters. The van der Waals surface area contributed by atoms with E-state index in [0.717, 1.165) is 12.2 Å². The number of aliphatic hydroxyl groups excluding tert-OH is 2. The van der Waals surface area contributed by atoms with Crippen LogP contribution >= 0.6 is 0 Å². The van der Waals surface area contributed by atoms with Gasteiger partial charge in [0, 0.05) is 0 Å². The van der Waals surface area contributed by atoms with Crippen LogP contribution in [0.2, 0.25) is 0 Å².